The minimum atomic E-state index is -3.78. The second kappa shape index (κ2) is 16.9. The Kier molecular flexibility index (Phi) is 12.7. The van der Waals surface area contributed by atoms with E-state index in [9.17, 15) is 21.6 Å². The standard InChI is InChI=1S/C38H47NO8S2/c1-3-5-25-48(41,42)46-33-12-10-11-30(27-33)35-19-15-31-28-34(47-49(43,44)26-6-4-2)18-20-36(31)37(35)38(40)29-13-16-32(17-14-29)45-24-23-39-21-8-7-9-22-39/h10-16,18-20,27-28,32H,3-9,17,21-26H2,1-2H3. The van der Waals surface area contributed by atoms with Crippen LogP contribution in [0.3, 0.4) is 0 Å². The first-order valence-electron chi connectivity index (χ1n) is 17.4. The SMILES string of the molecule is CCCCS(=O)(=O)Oc1cccc(-c2ccc3cc(OS(=O)(=O)CCCC)ccc3c2C(=O)C2=CCC(OCCN3CCCCC3)C=C2)c1. The zero-order valence-electron chi connectivity index (χ0n) is 28.4. The normalized spacial score (nSPS) is 17.2. The van der Waals surface area contributed by atoms with E-state index in [1.807, 2.05) is 26.0 Å². The lowest BCUT2D eigenvalue weighted by Gasteiger charge is -2.27. The van der Waals surface area contributed by atoms with Crippen LogP contribution in [-0.4, -0.2) is 71.4 Å². The Hall–Kier alpha value is -3.51. The Balaban J connectivity index is 1.44. The number of piperidine rings is 1. The molecule has 3 aromatic rings. The van der Waals surface area contributed by atoms with E-state index in [2.05, 4.69) is 4.90 Å². The van der Waals surface area contributed by atoms with E-state index in [0.29, 0.717) is 58.9 Å². The molecule has 1 saturated heterocycles. The molecule has 1 aliphatic heterocycles. The van der Waals surface area contributed by atoms with Gasteiger partial charge < -0.3 is 18.0 Å². The van der Waals surface area contributed by atoms with Gasteiger partial charge in [0.15, 0.2) is 5.78 Å². The number of unbranched alkanes of at least 4 members (excludes halogenated alkanes) is 2. The summed E-state index contributed by atoms with van der Waals surface area (Å²) in [5.41, 5.74) is 2.12. The average Bonchev–Trinajstić information content (AvgIpc) is 3.09. The predicted molar refractivity (Wildman–Crippen MR) is 194 cm³/mol. The molecule has 0 amide bonds. The second-order valence-corrected chi connectivity index (χ2v) is 16.1. The summed E-state index contributed by atoms with van der Waals surface area (Å²) in [5, 5.41) is 1.24. The highest BCUT2D eigenvalue weighted by atomic mass is 32.2. The number of hydrogen-bond donors (Lipinski definition) is 0. The quantitative estimate of drug-likeness (QED) is 0.104. The van der Waals surface area contributed by atoms with Gasteiger partial charge in [0.2, 0.25) is 0 Å². The Bertz CT molecular complexity index is 1890. The van der Waals surface area contributed by atoms with Gasteiger partial charge in [-0.1, -0.05) is 75.6 Å². The summed E-state index contributed by atoms with van der Waals surface area (Å²) in [6.45, 7) is 7.58. The third kappa shape index (κ3) is 10.3. The van der Waals surface area contributed by atoms with Gasteiger partial charge in [0.1, 0.15) is 11.5 Å². The molecule has 9 nitrogen and oxygen atoms in total. The maximum Gasteiger partial charge on any atom is 0.309 e. The number of carbonyl (C=O) groups excluding carboxylic acids is 1. The molecule has 1 heterocycles. The summed E-state index contributed by atoms with van der Waals surface area (Å²) in [6.07, 6.45) is 12.2. The largest absolute Gasteiger partial charge is 0.382 e. The summed E-state index contributed by atoms with van der Waals surface area (Å²) in [7, 11) is -7.55. The van der Waals surface area contributed by atoms with Crippen LogP contribution < -0.4 is 8.37 Å². The first-order valence-corrected chi connectivity index (χ1v) is 20.5. The molecule has 49 heavy (non-hydrogen) atoms. The highest BCUT2D eigenvalue weighted by Gasteiger charge is 2.23. The van der Waals surface area contributed by atoms with Gasteiger partial charge in [-0.3, -0.25) is 4.79 Å². The first kappa shape index (κ1) is 36.8. The average molecular weight is 710 g/mol. The summed E-state index contributed by atoms with van der Waals surface area (Å²) in [4.78, 5) is 16.8. The number of ketones is 1. The minimum Gasteiger partial charge on any atom is -0.382 e. The van der Waals surface area contributed by atoms with Crippen LogP contribution in [-0.2, 0) is 25.0 Å². The molecule has 2 aliphatic rings. The van der Waals surface area contributed by atoms with Crippen molar-refractivity contribution >= 4 is 36.8 Å². The van der Waals surface area contributed by atoms with Crippen LogP contribution in [0.15, 0.2) is 78.4 Å². The molecular formula is C38H47NO8S2. The number of nitrogens with zero attached hydrogens (tertiary/aromatic N) is 1. The van der Waals surface area contributed by atoms with Gasteiger partial charge in [-0.25, -0.2) is 0 Å². The molecule has 0 N–H and O–H groups in total. The number of hydrogen-bond acceptors (Lipinski definition) is 9. The Morgan fingerprint density at radius 2 is 1.53 bits per heavy atom. The van der Waals surface area contributed by atoms with Gasteiger partial charge in [0.05, 0.1) is 24.2 Å². The molecule has 1 atom stereocenters. The lowest BCUT2D eigenvalue weighted by atomic mass is 9.87. The molecule has 5 rings (SSSR count). The molecule has 11 heteroatoms. The van der Waals surface area contributed by atoms with Crippen LogP contribution in [0.25, 0.3) is 21.9 Å². The molecule has 1 unspecified atom stereocenters. The molecule has 264 valence electrons. The van der Waals surface area contributed by atoms with E-state index < -0.39 is 20.2 Å². The molecule has 0 bridgehead atoms. The summed E-state index contributed by atoms with van der Waals surface area (Å²) < 4.78 is 67.1. The molecule has 0 spiro atoms. The maximum absolute atomic E-state index is 14.4. The number of benzene rings is 3. The zero-order chi connectivity index (χ0) is 34.9. The van der Waals surface area contributed by atoms with Crippen molar-refractivity contribution in [3.8, 4) is 22.6 Å². The molecule has 1 fully saturated rings. The number of likely N-dealkylation sites (tertiary alicyclic amines) is 1. The van der Waals surface area contributed by atoms with E-state index >= 15 is 0 Å². The highest BCUT2D eigenvalue weighted by molar-refractivity contribution is 7.87. The highest BCUT2D eigenvalue weighted by Crippen LogP contribution is 2.36. The molecule has 3 aromatic carbocycles. The Labute approximate surface area is 291 Å². The number of rotatable bonds is 17. The van der Waals surface area contributed by atoms with Crippen molar-refractivity contribution in [2.75, 3.05) is 37.7 Å². The molecule has 0 saturated carbocycles. The van der Waals surface area contributed by atoms with Crippen LogP contribution in [0, 0.1) is 0 Å². The van der Waals surface area contributed by atoms with Gasteiger partial charge in [-0.2, -0.15) is 16.8 Å². The fourth-order valence-corrected chi connectivity index (χ4v) is 8.38. The van der Waals surface area contributed by atoms with Crippen molar-refractivity contribution in [3.63, 3.8) is 0 Å². The van der Waals surface area contributed by atoms with Crippen molar-refractivity contribution < 1.29 is 34.7 Å². The maximum atomic E-state index is 14.4. The van der Waals surface area contributed by atoms with Gasteiger partial charge >= 0.3 is 20.2 Å². The third-order valence-electron chi connectivity index (χ3n) is 8.82. The van der Waals surface area contributed by atoms with Gasteiger partial charge in [0, 0.05) is 17.7 Å². The molecular weight excluding hydrogens is 663 g/mol. The minimum absolute atomic E-state index is 0.0831. The number of Topliss-reactive ketones (excluding diaryl/α,β-unsaturated/α-hetero) is 1. The predicted octanol–water partition coefficient (Wildman–Crippen LogP) is 7.46. The second-order valence-electron chi connectivity index (χ2n) is 12.7. The smallest absolute Gasteiger partial charge is 0.309 e. The fourth-order valence-electron chi connectivity index (χ4n) is 6.13. The van der Waals surface area contributed by atoms with Gasteiger partial charge in [-0.05, 0) is 97.4 Å². The van der Waals surface area contributed by atoms with E-state index in [1.165, 1.54) is 19.3 Å². The van der Waals surface area contributed by atoms with Crippen molar-refractivity contribution in [2.24, 2.45) is 0 Å². The number of carbonyl (C=O) groups is 1. The number of fused-ring (bicyclic) bond motifs is 1. The molecule has 0 aromatic heterocycles. The van der Waals surface area contributed by atoms with Crippen LogP contribution in [0.4, 0.5) is 0 Å². The van der Waals surface area contributed by atoms with Crippen molar-refractivity contribution in [1.82, 2.24) is 4.90 Å². The Morgan fingerprint density at radius 3 is 2.18 bits per heavy atom. The summed E-state index contributed by atoms with van der Waals surface area (Å²) in [6, 6.07) is 15.2. The third-order valence-corrected chi connectivity index (χ3v) is 11.3. The monoisotopic (exact) mass is 709 g/mol. The van der Waals surface area contributed by atoms with E-state index in [0.717, 1.165) is 32.5 Å². The van der Waals surface area contributed by atoms with E-state index in [4.69, 9.17) is 13.1 Å². The van der Waals surface area contributed by atoms with E-state index in [-0.39, 0.29) is 34.9 Å². The van der Waals surface area contributed by atoms with Crippen molar-refractivity contribution in [2.45, 2.75) is 71.3 Å². The number of allylic oxidation sites excluding steroid dienone is 2. The summed E-state index contributed by atoms with van der Waals surface area (Å²) >= 11 is 0. The molecule has 0 radical (unpaired) electrons. The fraction of sp³-hybridized carbons (Fsp3) is 0.447. The number of ether oxygens (including phenoxy) is 1. The van der Waals surface area contributed by atoms with Crippen molar-refractivity contribution in [3.05, 3.63) is 84.0 Å². The van der Waals surface area contributed by atoms with Crippen LogP contribution in [0.1, 0.15) is 75.6 Å². The van der Waals surface area contributed by atoms with E-state index in [1.54, 1.807) is 60.7 Å². The van der Waals surface area contributed by atoms with Crippen LogP contribution >= 0.6 is 0 Å². The zero-order valence-corrected chi connectivity index (χ0v) is 30.1. The topological polar surface area (TPSA) is 116 Å². The van der Waals surface area contributed by atoms with Gasteiger partial charge in [-0.15, -0.1) is 0 Å². The van der Waals surface area contributed by atoms with Crippen LogP contribution in [0.5, 0.6) is 11.5 Å². The lowest BCUT2D eigenvalue weighted by Crippen LogP contribution is -2.33. The Morgan fingerprint density at radius 1 is 0.837 bits per heavy atom. The first-order chi connectivity index (χ1) is 23.6. The van der Waals surface area contributed by atoms with Crippen molar-refractivity contribution in [1.29, 1.82) is 0 Å². The molecule has 1 aliphatic carbocycles. The van der Waals surface area contributed by atoms with Crippen LogP contribution in [0.2, 0.25) is 0 Å². The summed E-state index contributed by atoms with van der Waals surface area (Å²) in [5.74, 6) is -0.0525. The van der Waals surface area contributed by atoms with Gasteiger partial charge in [0.25, 0.3) is 0 Å². The lowest BCUT2D eigenvalue weighted by molar-refractivity contribution is 0.0609.